The molecule has 0 aliphatic carbocycles. The highest BCUT2D eigenvalue weighted by molar-refractivity contribution is 5.98. The Morgan fingerprint density at radius 1 is 1.23 bits per heavy atom. The second-order valence-electron chi connectivity index (χ2n) is 9.90. The molecule has 4 rings (SSSR count). The smallest absolute Gasteiger partial charge is 0.222 e. The normalized spacial score (nSPS) is 23.4. The maximum Gasteiger partial charge on any atom is 0.222 e. The van der Waals surface area contributed by atoms with Crippen molar-refractivity contribution in [3.63, 3.8) is 0 Å². The Labute approximate surface area is 186 Å². The van der Waals surface area contributed by atoms with Gasteiger partial charge in [0.05, 0.1) is 5.52 Å². The number of likely N-dealkylation sites (tertiary alicyclic amines) is 2. The van der Waals surface area contributed by atoms with Gasteiger partial charge in [0.1, 0.15) is 0 Å². The van der Waals surface area contributed by atoms with Crippen molar-refractivity contribution in [2.45, 2.75) is 58.4 Å². The summed E-state index contributed by atoms with van der Waals surface area (Å²) in [6.07, 6.45) is 7.23. The molecule has 3 heterocycles. The molecular formula is C26H36N4O. The van der Waals surface area contributed by atoms with Crippen LogP contribution >= 0.6 is 0 Å². The highest BCUT2D eigenvalue weighted by Gasteiger charge is 2.31. The van der Waals surface area contributed by atoms with E-state index in [1.165, 1.54) is 11.8 Å². The van der Waals surface area contributed by atoms with Crippen LogP contribution in [0.15, 0.2) is 30.5 Å². The standard InChI is InChI=1S/C26H36N4O/c1-18(2)29-11-8-20(9-12-29)14-25(31)30-16-19(3)13-22(17-30)23-7-6-21(15-27)26-24(23)5-4-10-28-26/h4-7,10,15,18-20,22,27H,8-9,11-14,16-17H2,1-3H3/t19-,22?/m0/s1. The minimum Gasteiger partial charge on any atom is -0.342 e. The molecule has 0 radical (unpaired) electrons. The Kier molecular flexibility index (Phi) is 6.71. The lowest BCUT2D eigenvalue weighted by Crippen LogP contribution is -2.44. The Morgan fingerprint density at radius 3 is 2.71 bits per heavy atom. The topological polar surface area (TPSA) is 60.3 Å². The number of hydrogen-bond donors (Lipinski definition) is 1. The van der Waals surface area contributed by atoms with Crippen molar-refractivity contribution < 1.29 is 4.79 Å². The van der Waals surface area contributed by atoms with Crippen LogP contribution in [0.3, 0.4) is 0 Å². The third-order valence-corrected chi connectivity index (χ3v) is 7.29. The summed E-state index contributed by atoms with van der Waals surface area (Å²) in [5.41, 5.74) is 3.01. The molecule has 2 aliphatic heterocycles. The number of piperidine rings is 2. The minimum atomic E-state index is 0.321. The fraction of sp³-hybridized carbons (Fsp3) is 0.577. The van der Waals surface area contributed by atoms with Crippen molar-refractivity contribution in [2.24, 2.45) is 11.8 Å². The Balaban J connectivity index is 1.47. The fourth-order valence-electron chi connectivity index (χ4n) is 5.52. The van der Waals surface area contributed by atoms with Crippen LogP contribution in [-0.4, -0.2) is 59.1 Å². The van der Waals surface area contributed by atoms with E-state index >= 15 is 0 Å². The lowest BCUT2D eigenvalue weighted by molar-refractivity contribution is -0.134. The second kappa shape index (κ2) is 9.47. The number of benzene rings is 1. The number of nitrogens with one attached hydrogen (secondary N) is 1. The van der Waals surface area contributed by atoms with E-state index in [1.54, 1.807) is 6.20 Å². The molecule has 2 aliphatic rings. The summed E-state index contributed by atoms with van der Waals surface area (Å²) in [6.45, 7) is 10.7. The van der Waals surface area contributed by atoms with Gasteiger partial charge in [-0.05, 0) is 69.7 Å². The highest BCUT2D eigenvalue weighted by Crippen LogP contribution is 2.35. The lowest BCUT2D eigenvalue weighted by Gasteiger charge is -2.39. The minimum absolute atomic E-state index is 0.321. The third-order valence-electron chi connectivity index (χ3n) is 7.29. The Hall–Kier alpha value is -2.27. The number of fused-ring (bicyclic) bond motifs is 1. The van der Waals surface area contributed by atoms with E-state index in [9.17, 15) is 4.79 Å². The summed E-state index contributed by atoms with van der Waals surface area (Å²) in [7, 11) is 0. The predicted octanol–water partition coefficient (Wildman–Crippen LogP) is 4.69. The zero-order valence-corrected chi connectivity index (χ0v) is 19.2. The number of carbonyl (C=O) groups is 1. The van der Waals surface area contributed by atoms with E-state index in [1.807, 2.05) is 12.1 Å². The van der Waals surface area contributed by atoms with Crippen molar-refractivity contribution in [2.75, 3.05) is 26.2 Å². The van der Waals surface area contributed by atoms with Gasteiger partial charge in [0, 0.05) is 54.8 Å². The van der Waals surface area contributed by atoms with E-state index in [4.69, 9.17) is 5.41 Å². The van der Waals surface area contributed by atoms with Crippen LogP contribution in [-0.2, 0) is 4.79 Å². The van der Waals surface area contributed by atoms with Crippen molar-refractivity contribution in [1.29, 1.82) is 5.41 Å². The molecule has 5 nitrogen and oxygen atoms in total. The maximum atomic E-state index is 13.2. The molecule has 1 aromatic carbocycles. The number of amides is 1. The number of carbonyl (C=O) groups excluding carboxylic acids is 1. The molecule has 0 bridgehead atoms. The molecule has 2 atom stereocenters. The molecule has 1 N–H and O–H groups in total. The quantitative estimate of drug-likeness (QED) is 0.714. The van der Waals surface area contributed by atoms with E-state index in [2.05, 4.69) is 47.7 Å². The van der Waals surface area contributed by atoms with Gasteiger partial charge in [0.25, 0.3) is 0 Å². The number of pyridine rings is 1. The number of aromatic nitrogens is 1. The zero-order chi connectivity index (χ0) is 22.0. The molecule has 0 saturated carbocycles. The highest BCUT2D eigenvalue weighted by atomic mass is 16.2. The summed E-state index contributed by atoms with van der Waals surface area (Å²) in [5, 5.41) is 8.82. The van der Waals surface area contributed by atoms with E-state index in [0.29, 0.717) is 36.1 Å². The van der Waals surface area contributed by atoms with Crippen LogP contribution in [0.1, 0.15) is 63.5 Å². The first-order valence-electron chi connectivity index (χ1n) is 11.9. The molecule has 1 unspecified atom stereocenters. The summed E-state index contributed by atoms with van der Waals surface area (Å²) >= 11 is 0. The van der Waals surface area contributed by atoms with Gasteiger partial charge >= 0.3 is 0 Å². The number of hydrogen-bond acceptors (Lipinski definition) is 4. The summed E-state index contributed by atoms with van der Waals surface area (Å²) in [6, 6.07) is 8.84. The molecule has 5 heteroatoms. The molecule has 31 heavy (non-hydrogen) atoms. The fourth-order valence-corrected chi connectivity index (χ4v) is 5.52. The van der Waals surface area contributed by atoms with E-state index in [-0.39, 0.29) is 0 Å². The Morgan fingerprint density at radius 2 is 2.00 bits per heavy atom. The first-order valence-corrected chi connectivity index (χ1v) is 11.9. The molecule has 2 saturated heterocycles. The molecule has 2 fully saturated rings. The summed E-state index contributed by atoms with van der Waals surface area (Å²) in [4.78, 5) is 22.4. The van der Waals surface area contributed by atoms with Crippen LogP contribution in [0.2, 0.25) is 0 Å². The van der Waals surface area contributed by atoms with Gasteiger partial charge in [-0.15, -0.1) is 0 Å². The molecule has 2 aromatic rings. The van der Waals surface area contributed by atoms with E-state index in [0.717, 1.165) is 61.9 Å². The van der Waals surface area contributed by atoms with Crippen molar-refractivity contribution >= 4 is 23.0 Å². The third kappa shape index (κ3) is 4.82. The van der Waals surface area contributed by atoms with Crippen molar-refractivity contribution in [3.05, 3.63) is 41.6 Å². The molecule has 166 valence electrons. The van der Waals surface area contributed by atoms with Crippen LogP contribution in [0.4, 0.5) is 0 Å². The second-order valence-corrected chi connectivity index (χ2v) is 9.90. The van der Waals surface area contributed by atoms with Gasteiger partial charge in [-0.3, -0.25) is 9.78 Å². The molecule has 1 amide bonds. The van der Waals surface area contributed by atoms with Crippen molar-refractivity contribution in [1.82, 2.24) is 14.8 Å². The first-order chi connectivity index (χ1) is 15.0. The van der Waals surface area contributed by atoms with Gasteiger partial charge < -0.3 is 15.2 Å². The van der Waals surface area contributed by atoms with Crippen LogP contribution in [0, 0.1) is 17.2 Å². The predicted molar refractivity (Wildman–Crippen MR) is 127 cm³/mol. The van der Waals surface area contributed by atoms with Crippen LogP contribution in [0.5, 0.6) is 0 Å². The first kappa shape index (κ1) is 21.9. The number of nitrogens with zero attached hydrogens (tertiary/aromatic N) is 3. The van der Waals surface area contributed by atoms with E-state index < -0.39 is 0 Å². The largest absolute Gasteiger partial charge is 0.342 e. The van der Waals surface area contributed by atoms with Crippen LogP contribution in [0.25, 0.3) is 10.9 Å². The average molecular weight is 421 g/mol. The number of rotatable bonds is 5. The van der Waals surface area contributed by atoms with Gasteiger partial charge in [0.15, 0.2) is 0 Å². The monoisotopic (exact) mass is 420 g/mol. The Bertz CT molecular complexity index is 932. The lowest BCUT2D eigenvalue weighted by atomic mass is 9.82. The molecule has 0 spiro atoms. The molecule has 1 aromatic heterocycles. The molecular weight excluding hydrogens is 384 g/mol. The summed E-state index contributed by atoms with van der Waals surface area (Å²) < 4.78 is 0. The SMILES string of the molecule is CC(C)N1CCC(CC(=O)N2CC(c3ccc(C=N)c4ncccc34)C[C@H](C)C2)CC1. The summed E-state index contributed by atoms with van der Waals surface area (Å²) in [5.74, 6) is 1.66. The van der Waals surface area contributed by atoms with Gasteiger partial charge in [-0.2, -0.15) is 0 Å². The zero-order valence-electron chi connectivity index (χ0n) is 19.2. The average Bonchev–Trinajstić information content (AvgIpc) is 2.78. The van der Waals surface area contributed by atoms with Gasteiger partial charge in [-0.25, -0.2) is 0 Å². The van der Waals surface area contributed by atoms with Gasteiger partial charge in [0.2, 0.25) is 5.91 Å². The van der Waals surface area contributed by atoms with Gasteiger partial charge in [-0.1, -0.05) is 25.1 Å². The maximum absolute atomic E-state index is 13.2. The van der Waals surface area contributed by atoms with Crippen molar-refractivity contribution in [3.8, 4) is 0 Å². The van der Waals surface area contributed by atoms with Crippen LogP contribution < -0.4 is 0 Å².